The van der Waals surface area contributed by atoms with Crippen LogP contribution in [-0.2, 0) is 0 Å². The van der Waals surface area contributed by atoms with E-state index in [0.29, 0.717) is 0 Å². The highest BCUT2D eigenvalue weighted by Gasteiger charge is 2.15. The Morgan fingerprint density at radius 2 is 1.90 bits per heavy atom. The number of hydrogen-bond donors (Lipinski definition) is 2. The molecule has 110 valence electrons. The first-order valence-corrected chi connectivity index (χ1v) is 7.08. The zero-order valence-electron chi connectivity index (χ0n) is 12.3. The standard InChI is InChI=1S/C16H20N4O/c1-3-14(13-7-10-17-11-8-13)20-16(21)19-12(2)15-6-4-5-9-18-15/h4-12,14H,3H2,1-2H3,(H2,19,20,21)/t12-,14-/m0/s1. The lowest BCUT2D eigenvalue weighted by atomic mass is 10.1. The number of urea groups is 1. The summed E-state index contributed by atoms with van der Waals surface area (Å²) in [6.07, 6.45) is 5.99. The molecule has 5 nitrogen and oxygen atoms in total. The number of nitrogens with one attached hydrogen (secondary N) is 2. The molecule has 2 heterocycles. The monoisotopic (exact) mass is 284 g/mol. The maximum Gasteiger partial charge on any atom is 0.315 e. The smallest absolute Gasteiger partial charge is 0.315 e. The Labute approximate surface area is 124 Å². The summed E-state index contributed by atoms with van der Waals surface area (Å²) in [7, 11) is 0. The lowest BCUT2D eigenvalue weighted by Crippen LogP contribution is -2.39. The van der Waals surface area contributed by atoms with Crippen molar-refractivity contribution in [3.63, 3.8) is 0 Å². The number of carbonyl (C=O) groups excluding carboxylic acids is 1. The molecule has 2 atom stereocenters. The predicted octanol–water partition coefficient (Wildman–Crippen LogP) is 2.99. The van der Waals surface area contributed by atoms with Gasteiger partial charge in [-0.2, -0.15) is 0 Å². The molecule has 2 amide bonds. The molecular weight excluding hydrogens is 264 g/mol. The highest BCUT2D eigenvalue weighted by Crippen LogP contribution is 2.15. The zero-order valence-corrected chi connectivity index (χ0v) is 12.3. The van der Waals surface area contributed by atoms with E-state index in [0.717, 1.165) is 17.7 Å². The number of amides is 2. The first-order chi connectivity index (χ1) is 10.2. The molecule has 0 aliphatic heterocycles. The number of carbonyl (C=O) groups is 1. The van der Waals surface area contributed by atoms with Crippen LogP contribution in [0, 0.1) is 0 Å². The van der Waals surface area contributed by atoms with Crippen molar-refractivity contribution in [2.24, 2.45) is 0 Å². The fourth-order valence-corrected chi connectivity index (χ4v) is 2.12. The topological polar surface area (TPSA) is 66.9 Å². The summed E-state index contributed by atoms with van der Waals surface area (Å²) in [5, 5.41) is 5.88. The molecule has 2 aromatic rings. The van der Waals surface area contributed by atoms with E-state index in [2.05, 4.69) is 20.6 Å². The van der Waals surface area contributed by atoms with Gasteiger partial charge in [0.05, 0.1) is 17.8 Å². The van der Waals surface area contributed by atoms with Crippen molar-refractivity contribution in [2.45, 2.75) is 32.4 Å². The average molecular weight is 284 g/mol. The highest BCUT2D eigenvalue weighted by atomic mass is 16.2. The van der Waals surface area contributed by atoms with Gasteiger partial charge in [-0.15, -0.1) is 0 Å². The van der Waals surface area contributed by atoms with E-state index in [1.54, 1.807) is 18.6 Å². The molecule has 0 saturated heterocycles. The number of nitrogens with zero attached hydrogens (tertiary/aromatic N) is 2. The van der Waals surface area contributed by atoms with E-state index >= 15 is 0 Å². The molecule has 0 aliphatic carbocycles. The summed E-state index contributed by atoms with van der Waals surface area (Å²) in [5.74, 6) is 0. The van der Waals surface area contributed by atoms with Gasteiger partial charge in [0.2, 0.25) is 0 Å². The molecule has 0 radical (unpaired) electrons. The molecule has 0 spiro atoms. The molecule has 2 N–H and O–H groups in total. The van der Waals surface area contributed by atoms with Crippen molar-refractivity contribution in [1.82, 2.24) is 20.6 Å². The van der Waals surface area contributed by atoms with Crippen LogP contribution >= 0.6 is 0 Å². The van der Waals surface area contributed by atoms with E-state index in [-0.39, 0.29) is 18.1 Å². The Kier molecular flexibility index (Phi) is 5.26. The first-order valence-electron chi connectivity index (χ1n) is 7.08. The molecule has 0 bridgehead atoms. The molecule has 0 aromatic carbocycles. The molecule has 0 saturated carbocycles. The maximum atomic E-state index is 12.1. The van der Waals surface area contributed by atoms with Crippen LogP contribution in [0.4, 0.5) is 4.79 Å². The molecule has 2 rings (SSSR count). The second-order valence-corrected chi connectivity index (χ2v) is 4.84. The number of rotatable bonds is 5. The van der Waals surface area contributed by atoms with Crippen molar-refractivity contribution in [3.8, 4) is 0 Å². The number of hydrogen-bond acceptors (Lipinski definition) is 3. The second kappa shape index (κ2) is 7.38. The van der Waals surface area contributed by atoms with Crippen LogP contribution in [0.1, 0.15) is 43.6 Å². The van der Waals surface area contributed by atoms with Crippen LogP contribution in [-0.4, -0.2) is 16.0 Å². The average Bonchev–Trinajstić information content (AvgIpc) is 2.54. The normalized spacial score (nSPS) is 13.2. The van der Waals surface area contributed by atoms with E-state index < -0.39 is 0 Å². The van der Waals surface area contributed by atoms with Crippen LogP contribution in [0.3, 0.4) is 0 Å². The van der Waals surface area contributed by atoms with E-state index in [1.165, 1.54) is 0 Å². The van der Waals surface area contributed by atoms with Gasteiger partial charge < -0.3 is 10.6 Å². The molecule has 0 aliphatic rings. The molecule has 0 unspecified atom stereocenters. The van der Waals surface area contributed by atoms with Gasteiger partial charge in [0, 0.05) is 18.6 Å². The molecule has 5 heteroatoms. The van der Waals surface area contributed by atoms with E-state index in [1.807, 2.05) is 44.2 Å². The Balaban J connectivity index is 1.94. The molecule has 0 fully saturated rings. The van der Waals surface area contributed by atoms with Gasteiger partial charge >= 0.3 is 6.03 Å². The van der Waals surface area contributed by atoms with Crippen molar-refractivity contribution >= 4 is 6.03 Å². The lowest BCUT2D eigenvalue weighted by Gasteiger charge is -2.20. The molecule has 2 aromatic heterocycles. The minimum Gasteiger partial charge on any atom is -0.331 e. The Bertz CT molecular complexity index is 559. The quantitative estimate of drug-likeness (QED) is 0.887. The molecular formula is C16H20N4O. The third-order valence-electron chi connectivity index (χ3n) is 3.30. The van der Waals surface area contributed by atoms with Crippen molar-refractivity contribution in [3.05, 3.63) is 60.2 Å². The summed E-state index contributed by atoms with van der Waals surface area (Å²) >= 11 is 0. The lowest BCUT2D eigenvalue weighted by molar-refractivity contribution is 0.233. The summed E-state index contributed by atoms with van der Waals surface area (Å²) < 4.78 is 0. The fraction of sp³-hybridized carbons (Fsp3) is 0.312. The van der Waals surface area contributed by atoms with Crippen LogP contribution in [0.15, 0.2) is 48.9 Å². The van der Waals surface area contributed by atoms with Gasteiger partial charge in [-0.1, -0.05) is 13.0 Å². The summed E-state index contributed by atoms with van der Waals surface area (Å²) in [6, 6.07) is 9.12. The molecule has 21 heavy (non-hydrogen) atoms. The number of pyridine rings is 2. The van der Waals surface area contributed by atoms with Gasteiger partial charge in [0.15, 0.2) is 0 Å². The van der Waals surface area contributed by atoms with Crippen LogP contribution < -0.4 is 10.6 Å². The first kappa shape index (κ1) is 15.0. The number of aromatic nitrogens is 2. The van der Waals surface area contributed by atoms with Gasteiger partial charge in [0.25, 0.3) is 0 Å². The van der Waals surface area contributed by atoms with Gasteiger partial charge in [-0.3, -0.25) is 9.97 Å². The largest absolute Gasteiger partial charge is 0.331 e. The SMILES string of the molecule is CC[C@H](NC(=O)N[C@@H](C)c1ccccn1)c1ccncc1. The van der Waals surface area contributed by atoms with Crippen molar-refractivity contribution in [2.75, 3.05) is 0 Å². The van der Waals surface area contributed by atoms with Crippen molar-refractivity contribution in [1.29, 1.82) is 0 Å². The highest BCUT2D eigenvalue weighted by molar-refractivity contribution is 5.74. The van der Waals surface area contributed by atoms with Gasteiger partial charge in [-0.05, 0) is 43.2 Å². The Hall–Kier alpha value is -2.43. The maximum absolute atomic E-state index is 12.1. The fourth-order valence-electron chi connectivity index (χ4n) is 2.12. The zero-order chi connectivity index (χ0) is 15.1. The summed E-state index contributed by atoms with van der Waals surface area (Å²) in [6.45, 7) is 3.95. The third-order valence-corrected chi connectivity index (χ3v) is 3.30. The van der Waals surface area contributed by atoms with Crippen molar-refractivity contribution < 1.29 is 4.79 Å². The Morgan fingerprint density at radius 1 is 1.14 bits per heavy atom. The second-order valence-electron chi connectivity index (χ2n) is 4.84. The van der Waals surface area contributed by atoms with Crippen LogP contribution in [0.5, 0.6) is 0 Å². The van der Waals surface area contributed by atoms with Gasteiger partial charge in [0.1, 0.15) is 0 Å². The summed E-state index contributed by atoms with van der Waals surface area (Å²) in [5.41, 5.74) is 1.89. The minimum atomic E-state index is -0.197. The third kappa shape index (κ3) is 4.27. The van der Waals surface area contributed by atoms with E-state index in [9.17, 15) is 4.79 Å². The van der Waals surface area contributed by atoms with Gasteiger partial charge in [-0.25, -0.2) is 4.79 Å². The summed E-state index contributed by atoms with van der Waals surface area (Å²) in [4.78, 5) is 20.3. The van der Waals surface area contributed by atoms with Crippen LogP contribution in [0.2, 0.25) is 0 Å². The van der Waals surface area contributed by atoms with Crippen LogP contribution in [0.25, 0.3) is 0 Å². The predicted molar refractivity (Wildman–Crippen MR) is 81.6 cm³/mol. The minimum absolute atomic E-state index is 0.0241. The van der Waals surface area contributed by atoms with E-state index in [4.69, 9.17) is 0 Å². The Morgan fingerprint density at radius 3 is 2.52 bits per heavy atom.